The van der Waals surface area contributed by atoms with Gasteiger partial charge in [-0.25, -0.2) is 0 Å². The van der Waals surface area contributed by atoms with E-state index in [0.717, 1.165) is 4.90 Å². The van der Waals surface area contributed by atoms with Gasteiger partial charge in [-0.3, -0.25) is 4.21 Å². The fourth-order valence-electron chi connectivity index (χ4n) is 0.888. The maximum absolute atomic E-state index is 11.4. The molecule has 0 bridgehead atoms. The molecule has 1 rings (SSSR count). The molecular formula is C9H12O2S. The van der Waals surface area contributed by atoms with Crippen LogP contribution in [0.3, 0.4) is 0 Å². The second kappa shape index (κ2) is 4.38. The molecule has 0 spiro atoms. The molecule has 2 nitrogen and oxygen atoms in total. The van der Waals surface area contributed by atoms with Crippen LogP contribution in [0, 0.1) is 0 Å². The molecule has 1 aromatic rings. The quantitative estimate of drug-likeness (QED) is 0.765. The molecule has 0 heterocycles. The van der Waals surface area contributed by atoms with E-state index in [0.29, 0.717) is 5.75 Å². The van der Waals surface area contributed by atoms with Crippen LogP contribution in [-0.2, 0) is 10.8 Å². The van der Waals surface area contributed by atoms with E-state index in [9.17, 15) is 4.21 Å². The summed E-state index contributed by atoms with van der Waals surface area (Å²) in [6, 6.07) is 9.17. The lowest BCUT2D eigenvalue weighted by Crippen LogP contribution is -2.12. The van der Waals surface area contributed by atoms with Gasteiger partial charge in [0.15, 0.2) is 0 Å². The Morgan fingerprint density at radius 3 is 2.50 bits per heavy atom. The average Bonchev–Trinajstić information content (AvgIpc) is 2.05. The van der Waals surface area contributed by atoms with Crippen molar-refractivity contribution in [2.75, 3.05) is 5.75 Å². The second-order valence-corrected chi connectivity index (χ2v) is 4.17. The van der Waals surface area contributed by atoms with Gasteiger partial charge in [-0.1, -0.05) is 18.2 Å². The lowest BCUT2D eigenvalue weighted by molar-refractivity contribution is 0.219. The van der Waals surface area contributed by atoms with Crippen LogP contribution in [0.1, 0.15) is 6.92 Å². The first-order valence-electron chi connectivity index (χ1n) is 3.81. The lowest BCUT2D eigenvalue weighted by atomic mass is 10.4. The van der Waals surface area contributed by atoms with Crippen molar-refractivity contribution in [3.05, 3.63) is 30.3 Å². The van der Waals surface area contributed by atoms with Crippen molar-refractivity contribution >= 4 is 10.8 Å². The molecule has 0 aliphatic heterocycles. The van der Waals surface area contributed by atoms with Gasteiger partial charge < -0.3 is 5.11 Å². The van der Waals surface area contributed by atoms with Gasteiger partial charge >= 0.3 is 0 Å². The standard InChI is InChI=1S/C9H12O2S/c1-8(10)7-12(11)9-5-3-2-4-6-9/h2-6,8,10H,7H2,1H3/t8-,12?/m1/s1. The molecule has 0 amide bonds. The maximum atomic E-state index is 11.4. The van der Waals surface area contributed by atoms with Gasteiger partial charge in [-0.05, 0) is 19.1 Å². The predicted octanol–water partition coefficient (Wildman–Crippen LogP) is 1.18. The van der Waals surface area contributed by atoms with Gasteiger partial charge in [0.25, 0.3) is 0 Å². The van der Waals surface area contributed by atoms with E-state index >= 15 is 0 Å². The highest BCUT2D eigenvalue weighted by Gasteiger charge is 2.05. The summed E-state index contributed by atoms with van der Waals surface area (Å²) in [5.74, 6) is 0.310. The Hall–Kier alpha value is -0.670. The van der Waals surface area contributed by atoms with Gasteiger partial charge in [-0.15, -0.1) is 0 Å². The highest BCUT2D eigenvalue weighted by atomic mass is 32.2. The molecule has 0 radical (unpaired) electrons. The predicted molar refractivity (Wildman–Crippen MR) is 49.4 cm³/mol. The van der Waals surface area contributed by atoms with Gasteiger partial charge in [0, 0.05) is 4.90 Å². The Balaban J connectivity index is 2.66. The average molecular weight is 184 g/mol. The van der Waals surface area contributed by atoms with Crippen LogP contribution in [0.5, 0.6) is 0 Å². The molecule has 0 aromatic heterocycles. The zero-order valence-electron chi connectivity index (χ0n) is 6.93. The first-order valence-corrected chi connectivity index (χ1v) is 5.13. The minimum Gasteiger partial charge on any atom is -0.392 e. The summed E-state index contributed by atoms with van der Waals surface area (Å²) in [5, 5.41) is 8.99. The highest BCUT2D eigenvalue weighted by molar-refractivity contribution is 7.85. The Morgan fingerprint density at radius 1 is 1.42 bits per heavy atom. The van der Waals surface area contributed by atoms with Crippen LogP contribution in [0.25, 0.3) is 0 Å². The van der Waals surface area contributed by atoms with Crippen molar-refractivity contribution in [1.82, 2.24) is 0 Å². The van der Waals surface area contributed by atoms with Crippen molar-refractivity contribution in [2.45, 2.75) is 17.9 Å². The molecule has 66 valence electrons. The minimum absolute atomic E-state index is 0.310. The van der Waals surface area contributed by atoms with E-state index in [-0.39, 0.29) is 0 Å². The summed E-state index contributed by atoms with van der Waals surface area (Å²) in [6.45, 7) is 1.64. The van der Waals surface area contributed by atoms with Crippen molar-refractivity contribution < 1.29 is 9.32 Å². The molecule has 0 aliphatic carbocycles. The zero-order chi connectivity index (χ0) is 8.97. The van der Waals surface area contributed by atoms with E-state index in [1.807, 2.05) is 18.2 Å². The van der Waals surface area contributed by atoms with Crippen molar-refractivity contribution in [3.8, 4) is 0 Å². The van der Waals surface area contributed by atoms with Crippen molar-refractivity contribution in [2.24, 2.45) is 0 Å². The SMILES string of the molecule is C[C@@H](O)CS(=O)c1ccccc1. The van der Waals surface area contributed by atoms with Gasteiger partial charge in [-0.2, -0.15) is 0 Å². The third-order valence-corrected chi connectivity index (χ3v) is 2.98. The molecule has 0 aliphatic rings. The third-order valence-electron chi connectivity index (χ3n) is 1.40. The van der Waals surface area contributed by atoms with Crippen LogP contribution < -0.4 is 0 Å². The van der Waals surface area contributed by atoms with Crippen LogP contribution in [-0.4, -0.2) is 21.2 Å². The fraction of sp³-hybridized carbons (Fsp3) is 0.333. The smallest absolute Gasteiger partial charge is 0.0630 e. The normalized spacial score (nSPS) is 15.5. The largest absolute Gasteiger partial charge is 0.392 e. The molecule has 0 fully saturated rings. The fourth-order valence-corrected chi connectivity index (χ4v) is 1.98. The molecule has 3 heteroatoms. The summed E-state index contributed by atoms with van der Waals surface area (Å²) >= 11 is 0. The molecule has 12 heavy (non-hydrogen) atoms. The lowest BCUT2D eigenvalue weighted by Gasteiger charge is -2.03. The molecule has 0 saturated heterocycles. The van der Waals surface area contributed by atoms with Crippen molar-refractivity contribution in [3.63, 3.8) is 0 Å². The van der Waals surface area contributed by atoms with E-state index in [1.54, 1.807) is 19.1 Å². The van der Waals surface area contributed by atoms with Crippen LogP contribution in [0.4, 0.5) is 0 Å². The molecule has 1 N–H and O–H groups in total. The number of aliphatic hydroxyl groups is 1. The van der Waals surface area contributed by atoms with E-state index in [4.69, 9.17) is 5.11 Å². The van der Waals surface area contributed by atoms with E-state index in [2.05, 4.69) is 0 Å². The van der Waals surface area contributed by atoms with Crippen LogP contribution in [0.15, 0.2) is 35.2 Å². The number of hydrogen-bond donors (Lipinski definition) is 1. The second-order valence-electron chi connectivity index (χ2n) is 2.67. The highest BCUT2D eigenvalue weighted by Crippen LogP contribution is 2.06. The Kier molecular flexibility index (Phi) is 3.44. The van der Waals surface area contributed by atoms with E-state index < -0.39 is 16.9 Å². The Bertz CT molecular complexity index is 256. The summed E-state index contributed by atoms with van der Waals surface area (Å²) in [4.78, 5) is 0.776. The maximum Gasteiger partial charge on any atom is 0.0630 e. The summed E-state index contributed by atoms with van der Waals surface area (Å²) < 4.78 is 11.4. The summed E-state index contributed by atoms with van der Waals surface area (Å²) in [6.07, 6.45) is -0.508. The number of hydrogen-bond acceptors (Lipinski definition) is 2. The van der Waals surface area contributed by atoms with Gasteiger partial charge in [0.1, 0.15) is 0 Å². The molecule has 0 saturated carbocycles. The van der Waals surface area contributed by atoms with Gasteiger partial charge in [0.2, 0.25) is 0 Å². The van der Waals surface area contributed by atoms with Crippen LogP contribution in [0.2, 0.25) is 0 Å². The number of aliphatic hydroxyl groups excluding tert-OH is 1. The third kappa shape index (κ3) is 2.75. The summed E-state index contributed by atoms with van der Waals surface area (Å²) in [7, 11) is -1.06. The molecule has 1 aromatic carbocycles. The number of benzene rings is 1. The number of rotatable bonds is 3. The molecular weight excluding hydrogens is 172 g/mol. The topological polar surface area (TPSA) is 37.3 Å². The van der Waals surface area contributed by atoms with Crippen molar-refractivity contribution in [1.29, 1.82) is 0 Å². The van der Waals surface area contributed by atoms with E-state index in [1.165, 1.54) is 0 Å². The molecule has 1 unspecified atom stereocenters. The zero-order valence-corrected chi connectivity index (χ0v) is 7.75. The van der Waals surface area contributed by atoms with Gasteiger partial charge in [0.05, 0.1) is 22.7 Å². The van der Waals surface area contributed by atoms with Crippen LogP contribution >= 0.6 is 0 Å². The summed E-state index contributed by atoms with van der Waals surface area (Å²) in [5.41, 5.74) is 0. The Labute approximate surface area is 74.7 Å². The first kappa shape index (κ1) is 9.42. The minimum atomic E-state index is -1.06. The first-order chi connectivity index (χ1) is 5.70. The molecule has 2 atom stereocenters. The monoisotopic (exact) mass is 184 g/mol. The Morgan fingerprint density at radius 2 is 2.00 bits per heavy atom.